The van der Waals surface area contributed by atoms with Crippen molar-refractivity contribution in [2.45, 2.75) is 13.0 Å². The number of nitrogens with one attached hydrogen (secondary N) is 2. The van der Waals surface area contributed by atoms with E-state index in [1.54, 1.807) is 6.20 Å². The molecule has 3 rings (SSSR count). The number of H-pyrrole nitrogens is 1. The Morgan fingerprint density at radius 3 is 3.22 bits per heavy atom. The molecule has 2 N–H and O–H groups in total. The van der Waals surface area contributed by atoms with Gasteiger partial charge in [0.05, 0.1) is 11.7 Å². The van der Waals surface area contributed by atoms with Gasteiger partial charge in [-0.2, -0.15) is 5.10 Å². The minimum absolute atomic E-state index is 0.103. The highest BCUT2D eigenvalue weighted by atomic mass is 16.2. The molecule has 5 heteroatoms. The van der Waals surface area contributed by atoms with E-state index in [0.29, 0.717) is 6.04 Å². The lowest BCUT2D eigenvalue weighted by molar-refractivity contribution is 0.0709. The number of amides is 1. The number of piperazine rings is 1. The van der Waals surface area contributed by atoms with Crippen molar-refractivity contribution >= 4 is 16.8 Å². The summed E-state index contributed by atoms with van der Waals surface area (Å²) in [7, 11) is 0. The normalized spacial score (nSPS) is 20.3. The Labute approximate surface area is 105 Å². The first-order chi connectivity index (χ1) is 8.74. The number of fused-ring (bicyclic) bond motifs is 1. The van der Waals surface area contributed by atoms with Gasteiger partial charge in [0.25, 0.3) is 5.91 Å². The smallest absolute Gasteiger partial charge is 0.253 e. The molecule has 2 aromatic rings. The highest BCUT2D eigenvalue weighted by molar-refractivity contribution is 5.97. The standard InChI is InChI=1S/C13H16N4O/c1-9-8-17(5-4-14-9)13(18)10-2-3-12-11(6-10)7-15-16-12/h2-3,6-7,9,14H,4-5,8H2,1H3,(H,15,16)/t9-/m0/s1. The van der Waals surface area contributed by atoms with Crippen molar-refractivity contribution in [1.29, 1.82) is 0 Å². The third kappa shape index (κ3) is 1.97. The quantitative estimate of drug-likeness (QED) is 0.786. The van der Waals surface area contributed by atoms with Gasteiger partial charge in [-0.15, -0.1) is 0 Å². The third-order valence-corrected chi connectivity index (χ3v) is 3.34. The summed E-state index contributed by atoms with van der Waals surface area (Å²) in [4.78, 5) is 14.3. The summed E-state index contributed by atoms with van der Waals surface area (Å²) < 4.78 is 0. The van der Waals surface area contributed by atoms with Crippen LogP contribution < -0.4 is 5.32 Å². The minimum Gasteiger partial charge on any atom is -0.336 e. The average molecular weight is 244 g/mol. The number of carbonyl (C=O) groups is 1. The van der Waals surface area contributed by atoms with Crippen molar-refractivity contribution in [2.75, 3.05) is 19.6 Å². The Hall–Kier alpha value is -1.88. The highest BCUT2D eigenvalue weighted by Gasteiger charge is 2.21. The molecule has 1 aromatic heterocycles. The van der Waals surface area contributed by atoms with Crippen molar-refractivity contribution < 1.29 is 4.79 Å². The molecule has 94 valence electrons. The highest BCUT2D eigenvalue weighted by Crippen LogP contribution is 2.15. The van der Waals surface area contributed by atoms with Gasteiger partial charge in [-0.3, -0.25) is 9.89 Å². The predicted octanol–water partition coefficient (Wildman–Crippen LogP) is 0.997. The Morgan fingerprint density at radius 1 is 1.50 bits per heavy atom. The summed E-state index contributed by atoms with van der Waals surface area (Å²) in [5, 5.41) is 11.2. The van der Waals surface area contributed by atoms with Gasteiger partial charge >= 0.3 is 0 Å². The fourth-order valence-corrected chi connectivity index (χ4v) is 2.38. The molecule has 5 nitrogen and oxygen atoms in total. The number of benzene rings is 1. The molecular formula is C13H16N4O. The second-order valence-corrected chi connectivity index (χ2v) is 4.78. The van der Waals surface area contributed by atoms with Crippen molar-refractivity contribution in [3.63, 3.8) is 0 Å². The topological polar surface area (TPSA) is 61.0 Å². The van der Waals surface area contributed by atoms with Gasteiger partial charge in [-0.1, -0.05) is 0 Å². The lowest BCUT2D eigenvalue weighted by atomic mass is 10.1. The van der Waals surface area contributed by atoms with E-state index in [9.17, 15) is 4.79 Å². The van der Waals surface area contributed by atoms with E-state index >= 15 is 0 Å². The maximum atomic E-state index is 12.4. The molecule has 2 heterocycles. The molecule has 1 aromatic carbocycles. The molecule has 0 saturated carbocycles. The van der Waals surface area contributed by atoms with E-state index in [0.717, 1.165) is 36.1 Å². The average Bonchev–Trinajstić information content (AvgIpc) is 2.85. The lowest BCUT2D eigenvalue weighted by Crippen LogP contribution is -2.51. The summed E-state index contributed by atoms with van der Waals surface area (Å²) >= 11 is 0. The van der Waals surface area contributed by atoms with E-state index in [1.165, 1.54) is 0 Å². The fourth-order valence-electron chi connectivity index (χ4n) is 2.38. The van der Waals surface area contributed by atoms with E-state index in [-0.39, 0.29) is 5.91 Å². The number of rotatable bonds is 1. The predicted molar refractivity (Wildman–Crippen MR) is 69.5 cm³/mol. The maximum Gasteiger partial charge on any atom is 0.253 e. The van der Waals surface area contributed by atoms with Crippen LogP contribution in [0.2, 0.25) is 0 Å². The summed E-state index contributed by atoms with van der Waals surface area (Å²) in [6.45, 7) is 4.49. The summed E-state index contributed by atoms with van der Waals surface area (Å²) in [6, 6.07) is 6.02. The Balaban J connectivity index is 1.86. The molecule has 1 fully saturated rings. The van der Waals surface area contributed by atoms with Crippen LogP contribution in [0.15, 0.2) is 24.4 Å². The second kappa shape index (κ2) is 4.42. The first-order valence-corrected chi connectivity index (χ1v) is 6.20. The maximum absolute atomic E-state index is 12.4. The molecule has 1 atom stereocenters. The number of hydrogen-bond acceptors (Lipinski definition) is 3. The third-order valence-electron chi connectivity index (χ3n) is 3.34. The molecule has 0 radical (unpaired) electrons. The van der Waals surface area contributed by atoms with Crippen LogP contribution in [0.4, 0.5) is 0 Å². The minimum atomic E-state index is 0.103. The zero-order valence-corrected chi connectivity index (χ0v) is 10.3. The molecular weight excluding hydrogens is 228 g/mol. The van der Waals surface area contributed by atoms with Crippen LogP contribution in [0.3, 0.4) is 0 Å². The van der Waals surface area contributed by atoms with Crippen molar-refractivity contribution in [3.05, 3.63) is 30.0 Å². The van der Waals surface area contributed by atoms with Crippen molar-refractivity contribution in [3.8, 4) is 0 Å². The number of nitrogens with zero attached hydrogens (tertiary/aromatic N) is 2. The van der Waals surface area contributed by atoms with Gasteiger partial charge in [0.1, 0.15) is 0 Å². The van der Waals surface area contributed by atoms with Crippen LogP contribution in [0, 0.1) is 0 Å². The summed E-state index contributed by atoms with van der Waals surface area (Å²) in [6.07, 6.45) is 1.74. The van der Waals surface area contributed by atoms with Crippen LogP contribution in [-0.2, 0) is 0 Å². The summed E-state index contributed by atoms with van der Waals surface area (Å²) in [5.74, 6) is 0.103. The number of carbonyl (C=O) groups excluding carboxylic acids is 1. The fraction of sp³-hybridized carbons (Fsp3) is 0.385. The number of aromatic nitrogens is 2. The second-order valence-electron chi connectivity index (χ2n) is 4.78. The van der Waals surface area contributed by atoms with Crippen LogP contribution in [0.1, 0.15) is 17.3 Å². The Bertz CT molecular complexity index is 577. The van der Waals surface area contributed by atoms with E-state index < -0.39 is 0 Å². The van der Waals surface area contributed by atoms with Gasteiger partial charge < -0.3 is 10.2 Å². The van der Waals surface area contributed by atoms with Crippen LogP contribution in [-0.4, -0.2) is 46.7 Å². The molecule has 0 aliphatic carbocycles. The van der Waals surface area contributed by atoms with Gasteiger partial charge in [0.2, 0.25) is 0 Å². The largest absolute Gasteiger partial charge is 0.336 e. The van der Waals surface area contributed by atoms with Gasteiger partial charge in [0.15, 0.2) is 0 Å². The van der Waals surface area contributed by atoms with Gasteiger partial charge in [-0.25, -0.2) is 0 Å². The zero-order valence-electron chi connectivity index (χ0n) is 10.3. The van der Waals surface area contributed by atoms with Crippen LogP contribution >= 0.6 is 0 Å². The van der Waals surface area contributed by atoms with E-state index in [2.05, 4.69) is 22.4 Å². The molecule has 0 unspecified atom stereocenters. The first kappa shape index (κ1) is 11.2. The van der Waals surface area contributed by atoms with Crippen LogP contribution in [0.5, 0.6) is 0 Å². The molecule has 1 aliphatic rings. The molecule has 1 saturated heterocycles. The van der Waals surface area contributed by atoms with E-state index in [4.69, 9.17) is 0 Å². The molecule has 1 amide bonds. The summed E-state index contributed by atoms with van der Waals surface area (Å²) in [5.41, 5.74) is 1.69. The van der Waals surface area contributed by atoms with Crippen molar-refractivity contribution in [1.82, 2.24) is 20.4 Å². The number of hydrogen-bond donors (Lipinski definition) is 2. The Kier molecular flexibility index (Phi) is 2.76. The van der Waals surface area contributed by atoms with Gasteiger partial charge in [-0.05, 0) is 25.1 Å². The van der Waals surface area contributed by atoms with Gasteiger partial charge in [0, 0.05) is 36.6 Å². The van der Waals surface area contributed by atoms with Crippen LogP contribution in [0.25, 0.3) is 10.9 Å². The molecule has 0 spiro atoms. The number of aromatic amines is 1. The Morgan fingerprint density at radius 2 is 2.39 bits per heavy atom. The SMILES string of the molecule is C[C@H]1CN(C(=O)c2ccc3[nH]ncc3c2)CCN1. The van der Waals surface area contributed by atoms with Crippen molar-refractivity contribution in [2.24, 2.45) is 0 Å². The molecule has 1 aliphatic heterocycles. The lowest BCUT2D eigenvalue weighted by Gasteiger charge is -2.32. The van der Waals surface area contributed by atoms with E-state index in [1.807, 2.05) is 23.1 Å². The zero-order chi connectivity index (χ0) is 12.5. The molecule has 0 bridgehead atoms. The molecule has 18 heavy (non-hydrogen) atoms. The first-order valence-electron chi connectivity index (χ1n) is 6.20. The monoisotopic (exact) mass is 244 g/mol.